The number of ether oxygens (including phenoxy) is 1. The first-order valence-electron chi connectivity index (χ1n) is 10.7. The molecule has 0 unspecified atom stereocenters. The molecule has 0 aliphatic heterocycles. The van der Waals surface area contributed by atoms with E-state index in [1.165, 1.54) is 0 Å². The fraction of sp³-hybridized carbons (Fsp3) is 0.143. The molecule has 4 rings (SSSR count). The fourth-order valence-electron chi connectivity index (χ4n) is 3.81. The van der Waals surface area contributed by atoms with Crippen LogP contribution >= 0.6 is 0 Å². The van der Waals surface area contributed by atoms with Crippen LogP contribution in [0.1, 0.15) is 22.3 Å². The number of phenolic OH excluding ortho intramolecular Hbond substituents is 3. The molecule has 4 aromatic carbocycles. The van der Waals surface area contributed by atoms with Crippen LogP contribution in [0.25, 0.3) is 0 Å². The van der Waals surface area contributed by atoms with Gasteiger partial charge in [-0.15, -0.1) is 0 Å². The molecule has 0 bridgehead atoms. The number of rotatable bonds is 5. The van der Waals surface area contributed by atoms with Crippen LogP contribution in [0, 0.1) is 27.7 Å². The quantitative estimate of drug-likeness (QED) is 0.303. The minimum Gasteiger partial charge on any atom is -0.508 e. The first kappa shape index (κ1) is 22.1. The predicted molar refractivity (Wildman–Crippen MR) is 132 cm³/mol. The second-order valence-corrected chi connectivity index (χ2v) is 8.20. The average Bonchev–Trinajstić information content (AvgIpc) is 2.79. The maximum atomic E-state index is 10.5. The molecule has 5 nitrogen and oxygen atoms in total. The maximum Gasteiger partial charge on any atom is 0.172 e. The number of aryl methyl sites for hydroxylation is 3. The molecule has 168 valence electrons. The summed E-state index contributed by atoms with van der Waals surface area (Å²) in [6.45, 7) is 7.79. The van der Waals surface area contributed by atoms with Gasteiger partial charge in [0.15, 0.2) is 17.2 Å². The molecule has 3 N–H and O–H groups in total. The van der Waals surface area contributed by atoms with Crippen molar-refractivity contribution >= 4 is 17.1 Å². The Morgan fingerprint density at radius 2 is 1.15 bits per heavy atom. The highest BCUT2D eigenvalue weighted by atomic mass is 16.5. The molecule has 0 spiro atoms. The molecule has 4 aromatic rings. The van der Waals surface area contributed by atoms with Crippen LogP contribution in [0.4, 0.5) is 17.1 Å². The average molecular weight is 442 g/mol. The summed E-state index contributed by atoms with van der Waals surface area (Å²) in [6.07, 6.45) is 0. The second-order valence-electron chi connectivity index (χ2n) is 8.20. The zero-order chi connectivity index (χ0) is 23.7. The third-order valence-electron chi connectivity index (χ3n) is 5.84. The highest BCUT2D eigenvalue weighted by Gasteiger charge is 2.22. The third kappa shape index (κ3) is 4.30. The van der Waals surface area contributed by atoms with Crippen molar-refractivity contribution in [3.05, 3.63) is 95.1 Å². The van der Waals surface area contributed by atoms with Gasteiger partial charge in [0.05, 0.1) is 17.1 Å². The van der Waals surface area contributed by atoms with E-state index >= 15 is 0 Å². The highest BCUT2D eigenvalue weighted by Crippen LogP contribution is 2.46. The lowest BCUT2D eigenvalue weighted by Gasteiger charge is -2.30. The van der Waals surface area contributed by atoms with Gasteiger partial charge in [0.25, 0.3) is 0 Å². The molecule has 0 saturated heterocycles. The largest absolute Gasteiger partial charge is 0.508 e. The molecule has 0 saturated carbocycles. The van der Waals surface area contributed by atoms with Crippen molar-refractivity contribution in [3.8, 4) is 28.7 Å². The Kier molecular flexibility index (Phi) is 5.88. The number of benzene rings is 4. The van der Waals surface area contributed by atoms with E-state index in [4.69, 9.17) is 4.74 Å². The summed E-state index contributed by atoms with van der Waals surface area (Å²) in [5.41, 5.74) is 5.89. The number of aromatic hydroxyl groups is 3. The standard InChI is InChI=1S/C28H27NO4/c1-17-11-14-26(32)28(20(17)4)33-27-8-6-5-7-23(27)29(24-15-21(30)12-9-18(24)2)25-16-22(31)13-10-19(25)3/h5-16,30-32H,1-4H3. The third-order valence-corrected chi connectivity index (χ3v) is 5.84. The maximum absolute atomic E-state index is 10.5. The van der Waals surface area contributed by atoms with Crippen LogP contribution in [-0.2, 0) is 0 Å². The van der Waals surface area contributed by atoms with E-state index < -0.39 is 0 Å². The van der Waals surface area contributed by atoms with Crippen LogP contribution in [0.5, 0.6) is 28.7 Å². The normalized spacial score (nSPS) is 10.8. The second kappa shape index (κ2) is 8.79. The van der Waals surface area contributed by atoms with Gasteiger partial charge in [-0.25, -0.2) is 0 Å². The molecular weight excluding hydrogens is 414 g/mol. The Labute approximate surface area is 193 Å². The van der Waals surface area contributed by atoms with E-state index in [9.17, 15) is 15.3 Å². The zero-order valence-electron chi connectivity index (χ0n) is 19.1. The van der Waals surface area contributed by atoms with Gasteiger partial charge < -0.3 is 25.0 Å². The summed E-state index contributed by atoms with van der Waals surface area (Å²) >= 11 is 0. The predicted octanol–water partition coefficient (Wildman–Crippen LogP) is 7.30. The molecule has 0 heterocycles. The van der Waals surface area contributed by atoms with Crippen molar-refractivity contribution in [3.63, 3.8) is 0 Å². The van der Waals surface area contributed by atoms with Gasteiger partial charge in [-0.3, -0.25) is 0 Å². The Bertz CT molecular complexity index is 1280. The van der Waals surface area contributed by atoms with Gasteiger partial charge in [-0.2, -0.15) is 0 Å². The van der Waals surface area contributed by atoms with E-state index in [-0.39, 0.29) is 17.2 Å². The van der Waals surface area contributed by atoms with E-state index in [0.29, 0.717) is 17.2 Å². The molecule has 33 heavy (non-hydrogen) atoms. The van der Waals surface area contributed by atoms with Crippen molar-refractivity contribution in [2.24, 2.45) is 0 Å². The van der Waals surface area contributed by atoms with Crippen molar-refractivity contribution in [1.29, 1.82) is 0 Å². The molecule has 0 atom stereocenters. The van der Waals surface area contributed by atoms with Crippen molar-refractivity contribution in [1.82, 2.24) is 0 Å². The van der Waals surface area contributed by atoms with Crippen molar-refractivity contribution in [2.75, 3.05) is 4.90 Å². The van der Waals surface area contributed by atoms with Crippen LogP contribution in [0.15, 0.2) is 72.8 Å². The number of anilines is 3. The minimum atomic E-state index is 0.0570. The van der Waals surface area contributed by atoms with Gasteiger partial charge >= 0.3 is 0 Å². The van der Waals surface area contributed by atoms with E-state index in [0.717, 1.165) is 33.6 Å². The van der Waals surface area contributed by atoms with E-state index in [2.05, 4.69) is 0 Å². The summed E-state index contributed by atoms with van der Waals surface area (Å²) in [7, 11) is 0. The van der Waals surface area contributed by atoms with Gasteiger partial charge in [0, 0.05) is 12.1 Å². The van der Waals surface area contributed by atoms with Crippen molar-refractivity contribution in [2.45, 2.75) is 27.7 Å². The molecule has 0 aliphatic rings. The number of phenols is 3. The lowest BCUT2D eigenvalue weighted by atomic mass is 10.1. The zero-order valence-corrected chi connectivity index (χ0v) is 19.1. The SMILES string of the molecule is Cc1ccc(O)cc1N(c1cc(O)ccc1C)c1ccccc1Oc1c(O)ccc(C)c1C. The Morgan fingerprint density at radius 1 is 0.606 bits per heavy atom. The molecule has 0 aromatic heterocycles. The number of para-hydroxylation sites is 2. The smallest absolute Gasteiger partial charge is 0.172 e. The summed E-state index contributed by atoms with van der Waals surface area (Å²) in [6, 6.07) is 21.3. The first-order valence-corrected chi connectivity index (χ1v) is 10.7. The Hall–Kier alpha value is -4.12. The Balaban J connectivity index is 1.96. The van der Waals surface area contributed by atoms with Crippen LogP contribution in [-0.4, -0.2) is 15.3 Å². The van der Waals surface area contributed by atoms with Gasteiger partial charge in [0.2, 0.25) is 0 Å². The van der Waals surface area contributed by atoms with Crippen LogP contribution < -0.4 is 9.64 Å². The number of hydrogen-bond donors (Lipinski definition) is 3. The molecule has 0 radical (unpaired) electrons. The first-order chi connectivity index (χ1) is 15.8. The van der Waals surface area contributed by atoms with Crippen molar-refractivity contribution < 1.29 is 20.1 Å². The van der Waals surface area contributed by atoms with Gasteiger partial charge in [-0.05, 0) is 80.3 Å². The lowest BCUT2D eigenvalue weighted by molar-refractivity contribution is 0.409. The van der Waals surface area contributed by atoms with E-state index in [1.807, 2.05) is 75.1 Å². The number of nitrogens with zero attached hydrogens (tertiary/aromatic N) is 1. The highest BCUT2D eigenvalue weighted by molar-refractivity contribution is 5.84. The summed E-state index contributed by atoms with van der Waals surface area (Å²) < 4.78 is 6.30. The van der Waals surface area contributed by atoms with Crippen LogP contribution in [0.2, 0.25) is 0 Å². The van der Waals surface area contributed by atoms with Gasteiger partial charge in [0.1, 0.15) is 11.5 Å². The fourth-order valence-corrected chi connectivity index (χ4v) is 3.81. The monoisotopic (exact) mass is 441 g/mol. The molecule has 0 amide bonds. The lowest BCUT2D eigenvalue weighted by Crippen LogP contribution is -2.13. The van der Waals surface area contributed by atoms with Gasteiger partial charge in [-0.1, -0.05) is 30.3 Å². The number of hydrogen-bond acceptors (Lipinski definition) is 5. The molecular formula is C28H27NO4. The molecule has 5 heteroatoms. The van der Waals surface area contributed by atoms with E-state index in [1.54, 1.807) is 30.3 Å². The summed E-state index contributed by atoms with van der Waals surface area (Å²) in [4.78, 5) is 1.95. The minimum absolute atomic E-state index is 0.0570. The summed E-state index contributed by atoms with van der Waals surface area (Å²) in [5.74, 6) is 1.23. The molecule has 0 fully saturated rings. The van der Waals surface area contributed by atoms with Crippen LogP contribution in [0.3, 0.4) is 0 Å². The summed E-state index contributed by atoms with van der Waals surface area (Å²) in [5, 5.41) is 31.0. The topological polar surface area (TPSA) is 73.2 Å². The molecule has 0 aliphatic carbocycles. The Morgan fingerprint density at radius 3 is 1.76 bits per heavy atom.